The van der Waals surface area contributed by atoms with Gasteiger partial charge in [0.25, 0.3) is 5.91 Å². The van der Waals surface area contributed by atoms with Gasteiger partial charge in [-0.25, -0.2) is 18.1 Å². The van der Waals surface area contributed by atoms with Crippen LogP contribution in [-0.2, 0) is 38.1 Å². The highest BCUT2D eigenvalue weighted by Gasteiger charge is 2.37. The van der Waals surface area contributed by atoms with Gasteiger partial charge in [0, 0.05) is 29.9 Å². The molecule has 1 aliphatic rings. The van der Waals surface area contributed by atoms with Crippen LogP contribution in [0.2, 0.25) is 0 Å². The summed E-state index contributed by atoms with van der Waals surface area (Å²) in [6, 6.07) is 13.7. The molecule has 0 aliphatic carbocycles. The van der Waals surface area contributed by atoms with Crippen LogP contribution in [0, 0.1) is 0 Å². The summed E-state index contributed by atoms with van der Waals surface area (Å²) in [6.45, 7) is 1.66. The Morgan fingerprint density at radius 2 is 1.92 bits per heavy atom. The van der Waals surface area contributed by atoms with Crippen molar-refractivity contribution in [3.63, 3.8) is 0 Å². The lowest BCUT2D eigenvalue weighted by atomic mass is 10.2. The fourth-order valence-electron chi connectivity index (χ4n) is 4.00. The third-order valence-electron chi connectivity index (χ3n) is 5.79. The third-order valence-corrected chi connectivity index (χ3v) is 9.28. The number of rotatable bonds is 9. The van der Waals surface area contributed by atoms with Crippen LogP contribution in [0.3, 0.4) is 0 Å². The van der Waals surface area contributed by atoms with Crippen molar-refractivity contribution < 1.29 is 31.1 Å². The number of carbonyl (C=O) groups excluding carboxylic acids is 1. The number of nitrogens with zero attached hydrogens (tertiary/aromatic N) is 4. The molecule has 0 saturated carbocycles. The first-order valence-electron chi connectivity index (χ1n) is 11.5. The van der Waals surface area contributed by atoms with Crippen molar-refractivity contribution in [3.05, 3.63) is 76.4 Å². The first-order chi connectivity index (χ1) is 18.3. The number of sulfone groups is 1. The summed E-state index contributed by atoms with van der Waals surface area (Å²) in [5.74, 6) is -0.764. The van der Waals surface area contributed by atoms with Gasteiger partial charge in [-0.3, -0.25) is 9.00 Å². The molecule has 1 aliphatic heterocycles. The summed E-state index contributed by atoms with van der Waals surface area (Å²) in [4.78, 5) is 19.2. The van der Waals surface area contributed by atoms with E-state index in [4.69, 9.17) is 9.15 Å². The number of morpholine rings is 1. The predicted octanol–water partition coefficient (Wildman–Crippen LogP) is 1.74. The SMILES string of the molecule is O=C(c1ccc2nc(C(c3nnc(CNS(=O)[O-])o3)S(=O)(=O)Cc3ccccc3)sc2c1)N1CCOCC1. The number of ether oxygens (including phenoxy) is 1. The van der Waals surface area contributed by atoms with E-state index in [1.165, 1.54) is 0 Å². The molecule has 1 fully saturated rings. The number of amides is 1. The smallest absolute Gasteiger partial charge is 0.254 e. The van der Waals surface area contributed by atoms with Crippen molar-refractivity contribution in [2.45, 2.75) is 17.5 Å². The average Bonchev–Trinajstić information content (AvgIpc) is 3.54. The molecule has 2 atom stereocenters. The van der Waals surface area contributed by atoms with Gasteiger partial charge in [-0.15, -0.1) is 21.5 Å². The lowest BCUT2D eigenvalue weighted by Crippen LogP contribution is -2.40. The number of hydrogen-bond donors (Lipinski definition) is 1. The lowest BCUT2D eigenvalue weighted by Gasteiger charge is -2.26. The van der Waals surface area contributed by atoms with E-state index in [0.29, 0.717) is 47.6 Å². The topological polar surface area (TPSA) is 168 Å². The van der Waals surface area contributed by atoms with Crippen LogP contribution in [0.15, 0.2) is 52.9 Å². The van der Waals surface area contributed by atoms with Crippen molar-refractivity contribution in [3.8, 4) is 0 Å². The third kappa shape index (κ3) is 5.98. The number of hydrogen-bond acceptors (Lipinski definition) is 11. The Morgan fingerprint density at radius 1 is 1.16 bits per heavy atom. The van der Waals surface area contributed by atoms with Crippen LogP contribution in [0.5, 0.6) is 0 Å². The summed E-state index contributed by atoms with van der Waals surface area (Å²) >= 11 is -1.44. The minimum Gasteiger partial charge on any atom is -0.760 e. The Labute approximate surface area is 224 Å². The Bertz CT molecular complexity index is 1570. The number of carbonyl (C=O) groups is 1. The molecule has 38 heavy (non-hydrogen) atoms. The fourth-order valence-corrected chi connectivity index (χ4v) is 7.40. The van der Waals surface area contributed by atoms with Crippen LogP contribution in [-0.4, -0.2) is 69.5 Å². The van der Waals surface area contributed by atoms with E-state index < -0.39 is 26.4 Å². The van der Waals surface area contributed by atoms with Gasteiger partial charge in [-0.05, 0) is 23.8 Å². The predicted molar refractivity (Wildman–Crippen MR) is 137 cm³/mol. The first-order valence-corrected chi connectivity index (χ1v) is 15.1. The summed E-state index contributed by atoms with van der Waals surface area (Å²) in [5, 5.41) is 6.52. The second-order valence-electron chi connectivity index (χ2n) is 8.40. The van der Waals surface area contributed by atoms with Crippen LogP contribution >= 0.6 is 11.3 Å². The van der Waals surface area contributed by atoms with Crippen molar-refractivity contribution in [2.24, 2.45) is 0 Å². The maximum atomic E-state index is 13.7. The van der Waals surface area contributed by atoms with Gasteiger partial charge in [-0.2, -0.15) is 0 Å². The molecule has 5 rings (SSSR count). The molecular weight excluding hydrogens is 554 g/mol. The lowest BCUT2D eigenvalue weighted by molar-refractivity contribution is 0.0303. The Balaban J connectivity index is 1.51. The summed E-state index contributed by atoms with van der Waals surface area (Å²) in [5.41, 5.74) is 1.56. The van der Waals surface area contributed by atoms with Crippen LogP contribution in [0.1, 0.15) is 38.0 Å². The van der Waals surface area contributed by atoms with E-state index in [1.54, 1.807) is 53.4 Å². The molecule has 4 aromatic rings. The molecule has 0 radical (unpaired) electrons. The molecule has 1 saturated heterocycles. The Hall–Kier alpha value is -3.08. The Morgan fingerprint density at radius 3 is 2.66 bits per heavy atom. The van der Waals surface area contributed by atoms with Crippen molar-refractivity contribution >= 4 is 48.6 Å². The van der Waals surface area contributed by atoms with Gasteiger partial charge in [0.1, 0.15) is 5.01 Å². The number of aromatic nitrogens is 3. The highest BCUT2D eigenvalue weighted by molar-refractivity contribution is 7.91. The molecular formula is C23H22N5O7S3-. The second-order valence-corrected chi connectivity index (χ2v) is 12.3. The van der Waals surface area contributed by atoms with Crippen molar-refractivity contribution in [2.75, 3.05) is 26.3 Å². The van der Waals surface area contributed by atoms with Gasteiger partial charge >= 0.3 is 0 Å². The molecule has 1 amide bonds. The summed E-state index contributed by atoms with van der Waals surface area (Å²) < 4.78 is 62.7. The first kappa shape index (κ1) is 26.5. The average molecular weight is 577 g/mol. The highest BCUT2D eigenvalue weighted by Crippen LogP contribution is 2.37. The molecule has 2 unspecified atom stereocenters. The minimum atomic E-state index is -3.97. The largest absolute Gasteiger partial charge is 0.760 e. The van der Waals surface area contributed by atoms with E-state index >= 15 is 0 Å². The Kier molecular flexibility index (Phi) is 7.92. The number of fused-ring (bicyclic) bond motifs is 1. The van der Waals surface area contributed by atoms with Gasteiger partial charge in [0.15, 0.2) is 15.1 Å². The maximum Gasteiger partial charge on any atom is 0.254 e. The molecule has 2 aromatic carbocycles. The maximum absolute atomic E-state index is 13.7. The second kappa shape index (κ2) is 11.3. The zero-order chi connectivity index (χ0) is 26.7. The zero-order valence-electron chi connectivity index (χ0n) is 19.8. The van der Waals surface area contributed by atoms with Crippen molar-refractivity contribution in [1.29, 1.82) is 0 Å². The summed E-state index contributed by atoms with van der Waals surface area (Å²) in [6.07, 6.45) is 0. The molecule has 1 N–H and O–H groups in total. The normalized spacial score (nSPS) is 16.0. The van der Waals surface area contributed by atoms with Crippen molar-refractivity contribution in [1.82, 2.24) is 24.8 Å². The standard InChI is InChI=1S/C23H23N5O7S3/c29-23(28-8-10-34-11-9-28)16-6-7-17-18(12-16)36-22(25-17)20(21-27-26-19(35-21)13-24-37(30)31)38(32,33)14-15-4-2-1-3-5-15/h1-7,12,20,24H,8-11,13-14H2,(H,30,31)/p-1. The summed E-state index contributed by atoms with van der Waals surface area (Å²) in [7, 11) is -3.97. The van der Waals surface area contributed by atoms with Gasteiger partial charge in [-0.1, -0.05) is 30.3 Å². The molecule has 3 heterocycles. The minimum absolute atomic E-state index is 0.0939. The van der Waals surface area contributed by atoms with Crippen LogP contribution < -0.4 is 4.72 Å². The molecule has 15 heteroatoms. The van der Waals surface area contributed by atoms with E-state index in [-0.39, 0.29) is 35.0 Å². The highest BCUT2D eigenvalue weighted by atomic mass is 32.2. The van der Waals surface area contributed by atoms with Gasteiger partial charge < -0.3 is 18.6 Å². The number of benzene rings is 2. The molecule has 0 spiro atoms. The van der Waals surface area contributed by atoms with E-state index in [0.717, 1.165) is 11.3 Å². The monoisotopic (exact) mass is 576 g/mol. The zero-order valence-corrected chi connectivity index (χ0v) is 22.3. The van der Waals surface area contributed by atoms with E-state index in [1.807, 2.05) is 0 Å². The quantitative estimate of drug-likeness (QED) is 0.290. The molecule has 12 nitrogen and oxygen atoms in total. The fraction of sp³-hybridized carbons (Fsp3) is 0.304. The molecule has 2 aromatic heterocycles. The van der Waals surface area contributed by atoms with Gasteiger partial charge in [0.05, 0.1) is 35.7 Å². The van der Waals surface area contributed by atoms with E-state index in [9.17, 15) is 22.0 Å². The van der Waals surface area contributed by atoms with E-state index in [2.05, 4.69) is 19.9 Å². The number of thiazole rings is 1. The number of nitrogens with one attached hydrogen (secondary N) is 1. The van der Waals surface area contributed by atoms with Crippen LogP contribution in [0.4, 0.5) is 0 Å². The molecule has 200 valence electrons. The van der Waals surface area contributed by atoms with Crippen LogP contribution in [0.25, 0.3) is 10.2 Å². The molecule has 0 bridgehead atoms. The van der Waals surface area contributed by atoms with Gasteiger partial charge in [0.2, 0.25) is 11.8 Å².